The minimum Gasteiger partial charge on any atom is -0.371 e. The van der Waals surface area contributed by atoms with Crippen molar-refractivity contribution < 1.29 is 4.92 Å². The van der Waals surface area contributed by atoms with Crippen molar-refractivity contribution in [1.29, 1.82) is 0 Å². The van der Waals surface area contributed by atoms with E-state index in [4.69, 9.17) is 0 Å². The predicted molar refractivity (Wildman–Crippen MR) is 106 cm³/mol. The second-order valence-electron chi connectivity index (χ2n) is 6.91. The van der Waals surface area contributed by atoms with E-state index in [9.17, 15) is 10.1 Å². The van der Waals surface area contributed by atoms with Crippen LogP contribution in [0.5, 0.6) is 0 Å². The minimum atomic E-state index is -0.400. The van der Waals surface area contributed by atoms with E-state index in [2.05, 4.69) is 32.2 Å². The molecule has 1 aromatic heterocycles. The van der Waals surface area contributed by atoms with Gasteiger partial charge in [-0.3, -0.25) is 10.1 Å². The first kappa shape index (κ1) is 16.3. The highest BCUT2D eigenvalue weighted by atomic mass is 32.1. The molecule has 2 aliphatic rings. The third-order valence-electron chi connectivity index (χ3n) is 5.14. The van der Waals surface area contributed by atoms with E-state index < -0.39 is 4.92 Å². The Labute approximate surface area is 159 Å². The summed E-state index contributed by atoms with van der Waals surface area (Å²) in [5.41, 5.74) is 5.78. The molecule has 0 N–H and O–H groups in total. The topological polar surface area (TPSA) is 84.0 Å². The van der Waals surface area contributed by atoms with Crippen molar-refractivity contribution in [2.45, 2.75) is 25.7 Å². The zero-order valence-electron chi connectivity index (χ0n) is 14.6. The van der Waals surface area contributed by atoms with Gasteiger partial charge in [0.1, 0.15) is 0 Å². The number of azo groups is 1. The number of benzene rings is 2. The first-order chi connectivity index (χ1) is 13.2. The van der Waals surface area contributed by atoms with Crippen molar-refractivity contribution in [2.75, 3.05) is 18.0 Å². The third kappa shape index (κ3) is 2.95. The highest BCUT2D eigenvalue weighted by Gasteiger charge is 2.24. The molecular weight excluding hydrogens is 362 g/mol. The monoisotopic (exact) mass is 379 g/mol. The van der Waals surface area contributed by atoms with Gasteiger partial charge < -0.3 is 4.90 Å². The highest BCUT2D eigenvalue weighted by Crippen LogP contribution is 2.39. The Morgan fingerprint density at radius 2 is 1.81 bits per heavy atom. The molecule has 3 aromatic rings. The lowest BCUT2D eigenvalue weighted by Crippen LogP contribution is -2.34. The van der Waals surface area contributed by atoms with Gasteiger partial charge >= 0.3 is 0 Å². The smallest absolute Gasteiger partial charge is 0.270 e. The summed E-state index contributed by atoms with van der Waals surface area (Å²) < 4.78 is 0.745. The third-order valence-corrected chi connectivity index (χ3v) is 6.04. The zero-order chi connectivity index (χ0) is 18.4. The van der Waals surface area contributed by atoms with Crippen molar-refractivity contribution in [3.8, 4) is 0 Å². The molecule has 0 amide bonds. The maximum atomic E-state index is 10.9. The summed E-state index contributed by atoms with van der Waals surface area (Å²) in [6.07, 6.45) is 4.55. The molecule has 0 saturated carbocycles. The molecule has 0 spiro atoms. The molecule has 7 nitrogen and oxygen atoms in total. The summed E-state index contributed by atoms with van der Waals surface area (Å²) >= 11 is 1.31. The number of hydrogen-bond acceptors (Lipinski definition) is 7. The molecule has 0 unspecified atom stereocenters. The second kappa shape index (κ2) is 6.38. The molecule has 0 aliphatic carbocycles. The molecule has 136 valence electrons. The van der Waals surface area contributed by atoms with Crippen molar-refractivity contribution >= 4 is 43.7 Å². The fraction of sp³-hybridized carbons (Fsp3) is 0.316. The summed E-state index contributed by atoms with van der Waals surface area (Å²) in [6.45, 7) is 2.30. The van der Waals surface area contributed by atoms with Gasteiger partial charge in [0.15, 0.2) is 0 Å². The standard InChI is InChI=1S/C19H17N5O2S/c25-24(26)15-5-6-16-17(11-15)27-19(20-16)22-21-14-9-12-3-1-7-23-8-2-4-13(10-14)18(12)23/h5-6,9-11H,1-4,7-8H2. The lowest BCUT2D eigenvalue weighted by Gasteiger charge is -2.36. The van der Waals surface area contributed by atoms with E-state index in [0.717, 1.165) is 36.3 Å². The van der Waals surface area contributed by atoms with Gasteiger partial charge in [0.05, 0.1) is 20.8 Å². The number of aryl methyl sites for hydroxylation is 2. The molecule has 0 fully saturated rings. The van der Waals surface area contributed by atoms with E-state index in [1.54, 1.807) is 6.07 Å². The number of rotatable bonds is 3. The highest BCUT2D eigenvalue weighted by molar-refractivity contribution is 7.21. The van der Waals surface area contributed by atoms with Crippen LogP contribution in [0.2, 0.25) is 0 Å². The van der Waals surface area contributed by atoms with Crippen LogP contribution in [0, 0.1) is 10.1 Å². The Hall–Kier alpha value is -2.87. The average molecular weight is 379 g/mol. The number of nitro groups is 1. The van der Waals surface area contributed by atoms with Crippen LogP contribution >= 0.6 is 11.3 Å². The first-order valence-electron chi connectivity index (χ1n) is 9.05. The first-order valence-corrected chi connectivity index (χ1v) is 9.86. The largest absolute Gasteiger partial charge is 0.371 e. The second-order valence-corrected chi connectivity index (χ2v) is 7.92. The lowest BCUT2D eigenvalue weighted by atomic mass is 9.91. The van der Waals surface area contributed by atoms with Crippen molar-refractivity contribution in [3.05, 3.63) is 51.6 Å². The van der Waals surface area contributed by atoms with E-state index >= 15 is 0 Å². The van der Waals surface area contributed by atoms with E-state index in [1.807, 2.05) is 0 Å². The van der Waals surface area contributed by atoms with E-state index in [-0.39, 0.29) is 5.69 Å². The Morgan fingerprint density at radius 1 is 1.07 bits per heavy atom. The van der Waals surface area contributed by atoms with Crippen LogP contribution in [0.15, 0.2) is 40.6 Å². The molecule has 2 aromatic carbocycles. The average Bonchev–Trinajstić information content (AvgIpc) is 3.09. The van der Waals surface area contributed by atoms with Gasteiger partial charge in [-0.2, -0.15) is 0 Å². The van der Waals surface area contributed by atoms with Crippen LogP contribution in [-0.4, -0.2) is 23.0 Å². The van der Waals surface area contributed by atoms with Gasteiger partial charge in [-0.1, -0.05) is 11.3 Å². The summed E-state index contributed by atoms with van der Waals surface area (Å²) in [5, 5.41) is 20.1. The number of hydrogen-bond donors (Lipinski definition) is 0. The summed E-state index contributed by atoms with van der Waals surface area (Å²) in [5.74, 6) is 0. The van der Waals surface area contributed by atoms with Gasteiger partial charge in [-0.25, -0.2) is 4.98 Å². The number of aromatic nitrogens is 1. The predicted octanol–water partition coefficient (Wildman–Crippen LogP) is 5.32. The Balaban J connectivity index is 1.47. The number of nitrogens with zero attached hydrogens (tertiary/aromatic N) is 5. The van der Waals surface area contributed by atoms with Crippen LogP contribution in [0.3, 0.4) is 0 Å². The molecule has 0 radical (unpaired) electrons. The maximum Gasteiger partial charge on any atom is 0.270 e. The molecule has 3 heterocycles. The summed E-state index contributed by atoms with van der Waals surface area (Å²) in [7, 11) is 0. The molecule has 0 bridgehead atoms. The SMILES string of the molecule is O=[N+]([O-])c1ccc2nc(N=Nc3cc4c5c(c3)CCCN5CCC4)sc2c1. The molecule has 27 heavy (non-hydrogen) atoms. The Morgan fingerprint density at radius 3 is 2.52 bits per heavy atom. The number of nitro benzene ring substituents is 1. The molecule has 0 atom stereocenters. The van der Waals surface area contributed by atoms with Gasteiger partial charge in [-0.05, 0) is 55.0 Å². The van der Waals surface area contributed by atoms with Gasteiger partial charge in [0.25, 0.3) is 5.69 Å². The van der Waals surface area contributed by atoms with Gasteiger partial charge in [0, 0.05) is 30.9 Å². The number of non-ortho nitro benzene ring substituents is 1. The van der Waals surface area contributed by atoms with E-state index in [0.29, 0.717) is 10.6 Å². The van der Waals surface area contributed by atoms with Crippen LogP contribution in [0.1, 0.15) is 24.0 Å². The van der Waals surface area contributed by atoms with Crippen molar-refractivity contribution in [1.82, 2.24) is 4.98 Å². The number of thiazole rings is 1. The van der Waals surface area contributed by atoms with Crippen LogP contribution < -0.4 is 4.90 Å². The van der Waals surface area contributed by atoms with Crippen LogP contribution in [0.25, 0.3) is 10.2 Å². The van der Waals surface area contributed by atoms with Gasteiger partial charge in [-0.15, -0.1) is 10.2 Å². The van der Waals surface area contributed by atoms with Crippen LogP contribution in [0.4, 0.5) is 22.2 Å². The summed E-state index contributed by atoms with van der Waals surface area (Å²) in [6, 6.07) is 8.92. The zero-order valence-corrected chi connectivity index (χ0v) is 15.4. The fourth-order valence-electron chi connectivity index (χ4n) is 4.00. The normalized spacial score (nSPS) is 16.1. The fourth-order valence-corrected chi connectivity index (χ4v) is 4.82. The molecule has 2 aliphatic heterocycles. The number of fused-ring (bicyclic) bond motifs is 1. The Kier molecular flexibility index (Phi) is 3.86. The quantitative estimate of drug-likeness (QED) is 0.350. The molecule has 5 rings (SSSR count). The Bertz CT molecular complexity index is 1060. The van der Waals surface area contributed by atoms with Crippen molar-refractivity contribution in [3.63, 3.8) is 0 Å². The number of anilines is 1. The van der Waals surface area contributed by atoms with Crippen LogP contribution in [-0.2, 0) is 12.8 Å². The molecule has 0 saturated heterocycles. The lowest BCUT2D eigenvalue weighted by molar-refractivity contribution is -0.384. The molecule has 8 heteroatoms. The van der Waals surface area contributed by atoms with Gasteiger partial charge in [0.2, 0.25) is 5.13 Å². The maximum absolute atomic E-state index is 10.9. The van der Waals surface area contributed by atoms with E-state index in [1.165, 1.54) is 53.1 Å². The summed E-state index contributed by atoms with van der Waals surface area (Å²) in [4.78, 5) is 17.4. The minimum absolute atomic E-state index is 0.0629. The van der Waals surface area contributed by atoms with Crippen molar-refractivity contribution in [2.24, 2.45) is 10.2 Å². The molecular formula is C19H17N5O2S.